The van der Waals surface area contributed by atoms with Crippen molar-refractivity contribution in [3.63, 3.8) is 0 Å². The summed E-state index contributed by atoms with van der Waals surface area (Å²) < 4.78 is 0. The molecular weight excluding hydrogens is 212 g/mol. The molecule has 0 radical (unpaired) electrons. The van der Waals surface area contributed by atoms with Crippen LogP contribution in [0.3, 0.4) is 0 Å². The van der Waals surface area contributed by atoms with Crippen molar-refractivity contribution in [2.24, 2.45) is 0 Å². The summed E-state index contributed by atoms with van der Waals surface area (Å²) in [6.45, 7) is 3.10. The van der Waals surface area contributed by atoms with Crippen LogP contribution >= 0.6 is 0 Å². The number of hydrogen-bond donors (Lipinski definition) is 1. The van der Waals surface area contributed by atoms with Crippen LogP contribution in [0.2, 0.25) is 0 Å². The molecule has 0 spiro atoms. The number of rotatable bonds is 1. The molecule has 3 nitrogen and oxygen atoms in total. The van der Waals surface area contributed by atoms with Gasteiger partial charge in [-0.1, -0.05) is 18.2 Å². The Labute approximate surface area is 102 Å². The predicted octanol–water partition coefficient (Wildman–Crippen LogP) is 1.72. The maximum Gasteiger partial charge on any atom is 0.244 e. The summed E-state index contributed by atoms with van der Waals surface area (Å²) in [6, 6.07) is 8.57. The van der Waals surface area contributed by atoms with Gasteiger partial charge in [-0.2, -0.15) is 0 Å². The van der Waals surface area contributed by atoms with E-state index >= 15 is 0 Å². The van der Waals surface area contributed by atoms with Gasteiger partial charge >= 0.3 is 0 Å². The van der Waals surface area contributed by atoms with Crippen molar-refractivity contribution in [3.05, 3.63) is 29.8 Å². The number of amides is 1. The number of para-hydroxylation sites is 1. The summed E-state index contributed by atoms with van der Waals surface area (Å²) in [7, 11) is 0. The summed E-state index contributed by atoms with van der Waals surface area (Å²) in [4.78, 5) is 14.5. The zero-order valence-corrected chi connectivity index (χ0v) is 10.1. The topological polar surface area (TPSA) is 32.3 Å². The van der Waals surface area contributed by atoms with Crippen LogP contribution in [0.1, 0.15) is 25.3 Å². The molecule has 2 atom stereocenters. The zero-order valence-electron chi connectivity index (χ0n) is 10.1. The highest BCUT2D eigenvalue weighted by Gasteiger charge is 2.35. The Kier molecular flexibility index (Phi) is 2.63. The van der Waals surface area contributed by atoms with Crippen LogP contribution in [0, 0.1) is 0 Å². The first-order chi connectivity index (χ1) is 8.27. The van der Waals surface area contributed by atoms with E-state index in [-0.39, 0.29) is 11.9 Å². The molecule has 2 aliphatic heterocycles. The Morgan fingerprint density at radius 1 is 1.41 bits per heavy atom. The average Bonchev–Trinajstić information content (AvgIpc) is 2.94. The van der Waals surface area contributed by atoms with Crippen molar-refractivity contribution in [3.8, 4) is 0 Å². The van der Waals surface area contributed by atoms with Crippen molar-refractivity contribution >= 4 is 11.6 Å². The van der Waals surface area contributed by atoms with E-state index < -0.39 is 0 Å². The standard InChI is InChI=1S/C14H18N2O/c1-10-9-11-5-2-3-7-13(11)16(10)14(17)12-6-4-8-15-12/h2-3,5,7,10,12,15H,4,6,8-9H2,1H3/t10-,12-/m0/s1. The van der Waals surface area contributed by atoms with Gasteiger partial charge < -0.3 is 10.2 Å². The molecule has 1 fully saturated rings. The lowest BCUT2D eigenvalue weighted by Gasteiger charge is -2.25. The average molecular weight is 230 g/mol. The van der Waals surface area contributed by atoms with E-state index in [9.17, 15) is 4.79 Å². The number of benzene rings is 1. The highest BCUT2D eigenvalue weighted by atomic mass is 16.2. The van der Waals surface area contributed by atoms with Crippen LogP contribution in [-0.4, -0.2) is 24.5 Å². The van der Waals surface area contributed by atoms with Crippen LogP contribution in [0.25, 0.3) is 0 Å². The second-order valence-corrected chi connectivity index (χ2v) is 5.04. The Balaban J connectivity index is 1.89. The number of carbonyl (C=O) groups is 1. The normalized spacial score (nSPS) is 27.2. The zero-order chi connectivity index (χ0) is 11.8. The molecule has 0 bridgehead atoms. The van der Waals surface area contributed by atoms with Crippen LogP contribution in [0.4, 0.5) is 5.69 Å². The van der Waals surface area contributed by atoms with Gasteiger partial charge in [-0.25, -0.2) is 0 Å². The van der Waals surface area contributed by atoms with E-state index in [1.165, 1.54) is 5.56 Å². The van der Waals surface area contributed by atoms with Crippen molar-refractivity contribution in [1.82, 2.24) is 5.32 Å². The van der Waals surface area contributed by atoms with Gasteiger partial charge in [0.2, 0.25) is 5.91 Å². The molecule has 17 heavy (non-hydrogen) atoms. The van der Waals surface area contributed by atoms with Crippen molar-refractivity contribution in [2.75, 3.05) is 11.4 Å². The van der Waals surface area contributed by atoms with Crippen LogP contribution in [0.15, 0.2) is 24.3 Å². The fourth-order valence-electron chi connectivity index (χ4n) is 2.96. The van der Waals surface area contributed by atoms with E-state index in [0.717, 1.165) is 31.5 Å². The molecule has 0 unspecified atom stereocenters. The molecule has 90 valence electrons. The quantitative estimate of drug-likeness (QED) is 0.796. The first-order valence-corrected chi connectivity index (χ1v) is 6.42. The van der Waals surface area contributed by atoms with Gasteiger partial charge in [-0.05, 0) is 44.4 Å². The maximum atomic E-state index is 12.5. The van der Waals surface area contributed by atoms with E-state index in [1.54, 1.807) is 0 Å². The fraction of sp³-hybridized carbons (Fsp3) is 0.500. The second-order valence-electron chi connectivity index (χ2n) is 5.04. The van der Waals surface area contributed by atoms with Gasteiger partial charge in [0.1, 0.15) is 0 Å². The SMILES string of the molecule is C[C@H]1Cc2ccccc2N1C(=O)[C@@H]1CCCN1. The summed E-state index contributed by atoms with van der Waals surface area (Å²) in [5, 5.41) is 3.29. The molecule has 0 aromatic heterocycles. The van der Waals surface area contributed by atoms with Gasteiger partial charge in [0.05, 0.1) is 6.04 Å². The largest absolute Gasteiger partial charge is 0.308 e. The van der Waals surface area contributed by atoms with Crippen molar-refractivity contribution < 1.29 is 4.79 Å². The number of hydrogen-bond acceptors (Lipinski definition) is 2. The number of anilines is 1. The number of nitrogens with zero attached hydrogens (tertiary/aromatic N) is 1. The van der Waals surface area contributed by atoms with Crippen LogP contribution in [0.5, 0.6) is 0 Å². The van der Waals surface area contributed by atoms with Gasteiger partial charge in [0.15, 0.2) is 0 Å². The molecule has 1 aromatic carbocycles. The highest BCUT2D eigenvalue weighted by Crippen LogP contribution is 2.32. The number of fused-ring (bicyclic) bond motifs is 1. The third-order valence-electron chi connectivity index (χ3n) is 3.80. The molecule has 3 heteroatoms. The second kappa shape index (κ2) is 4.15. The van der Waals surface area contributed by atoms with E-state index in [2.05, 4.69) is 24.4 Å². The maximum absolute atomic E-state index is 12.5. The first-order valence-electron chi connectivity index (χ1n) is 6.42. The Morgan fingerprint density at radius 2 is 2.24 bits per heavy atom. The molecule has 1 N–H and O–H groups in total. The first kappa shape index (κ1) is 10.8. The molecular formula is C14H18N2O. The number of carbonyl (C=O) groups excluding carboxylic acids is 1. The minimum absolute atomic E-state index is 0.0311. The minimum Gasteiger partial charge on any atom is -0.308 e. The predicted molar refractivity (Wildman–Crippen MR) is 68.1 cm³/mol. The molecule has 3 rings (SSSR count). The number of nitrogens with one attached hydrogen (secondary N) is 1. The van der Waals surface area contributed by atoms with Crippen molar-refractivity contribution in [2.45, 2.75) is 38.3 Å². The fourth-order valence-corrected chi connectivity index (χ4v) is 2.96. The molecule has 1 saturated heterocycles. The summed E-state index contributed by atoms with van der Waals surface area (Å²) in [6.07, 6.45) is 3.07. The Hall–Kier alpha value is -1.35. The monoisotopic (exact) mass is 230 g/mol. The van der Waals surface area contributed by atoms with E-state index in [4.69, 9.17) is 0 Å². The molecule has 0 saturated carbocycles. The lowest BCUT2D eigenvalue weighted by atomic mass is 10.1. The Morgan fingerprint density at radius 3 is 3.00 bits per heavy atom. The minimum atomic E-state index is 0.0311. The molecule has 2 aliphatic rings. The molecule has 1 aromatic rings. The van der Waals surface area contributed by atoms with Crippen LogP contribution < -0.4 is 10.2 Å². The summed E-state index contributed by atoms with van der Waals surface area (Å²) in [5.74, 6) is 0.250. The third-order valence-corrected chi connectivity index (χ3v) is 3.80. The van der Waals surface area contributed by atoms with Gasteiger partial charge in [-0.3, -0.25) is 4.79 Å². The van der Waals surface area contributed by atoms with Gasteiger partial charge in [0.25, 0.3) is 0 Å². The summed E-state index contributed by atoms with van der Waals surface area (Å²) >= 11 is 0. The van der Waals surface area contributed by atoms with Gasteiger partial charge in [0, 0.05) is 11.7 Å². The van der Waals surface area contributed by atoms with E-state index in [1.807, 2.05) is 17.0 Å². The Bertz CT molecular complexity index is 438. The smallest absolute Gasteiger partial charge is 0.244 e. The molecule has 2 heterocycles. The highest BCUT2D eigenvalue weighted by molar-refractivity contribution is 5.99. The van der Waals surface area contributed by atoms with Gasteiger partial charge in [-0.15, -0.1) is 0 Å². The van der Waals surface area contributed by atoms with Crippen LogP contribution in [-0.2, 0) is 11.2 Å². The van der Waals surface area contributed by atoms with E-state index in [0.29, 0.717) is 6.04 Å². The van der Waals surface area contributed by atoms with Crippen molar-refractivity contribution in [1.29, 1.82) is 0 Å². The molecule has 1 amide bonds. The summed E-state index contributed by atoms with van der Waals surface area (Å²) in [5.41, 5.74) is 2.41. The lowest BCUT2D eigenvalue weighted by Crippen LogP contribution is -2.46. The lowest BCUT2D eigenvalue weighted by molar-refractivity contribution is -0.120. The third kappa shape index (κ3) is 1.75. The molecule has 0 aliphatic carbocycles.